The molecule has 0 saturated heterocycles. The van der Waals surface area contributed by atoms with Crippen LogP contribution in [0.2, 0.25) is 0 Å². The third kappa shape index (κ3) is 8.39. The van der Waals surface area contributed by atoms with Gasteiger partial charge in [0.05, 0.1) is 6.54 Å². The van der Waals surface area contributed by atoms with Crippen LogP contribution in [-0.4, -0.2) is 59.0 Å². The van der Waals surface area contributed by atoms with Crippen LogP contribution in [0.4, 0.5) is 0 Å². The molecule has 0 aliphatic rings. The topological polar surface area (TPSA) is 157 Å². The molecule has 0 aromatic carbocycles. The van der Waals surface area contributed by atoms with Gasteiger partial charge in [0.2, 0.25) is 17.7 Å². The number of rotatable bonds is 10. The van der Waals surface area contributed by atoms with Gasteiger partial charge in [-0.1, -0.05) is 13.3 Å². The van der Waals surface area contributed by atoms with E-state index in [2.05, 4.69) is 21.3 Å². The average molecular weight is 366 g/mol. The van der Waals surface area contributed by atoms with E-state index >= 15 is 0 Å². The molecule has 0 radical (unpaired) electrons. The van der Waals surface area contributed by atoms with Crippen molar-refractivity contribution in [2.75, 3.05) is 13.6 Å². The van der Waals surface area contributed by atoms with Gasteiger partial charge in [0.25, 0.3) is 0 Å². The first-order valence-corrected chi connectivity index (χ1v) is 9.31. The first kappa shape index (κ1) is 22.5. The molecule has 0 unspecified atom stereocenters. The fourth-order valence-corrected chi connectivity index (χ4v) is 2.05. The molecule has 0 saturated carbocycles. The van der Waals surface area contributed by atoms with E-state index < -0.39 is 37.3 Å². The summed E-state index contributed by atoms with van der Waals surface area (Å²) in [7, 11) is -2.85. The molecule has 10 nitrogen and oxygen atoms in total. The van der Waals surface area contributed by atoms with Gasteiger partial charge in [-0.15, -0.1) is 0 Å². The summed E-state index contributed by atoms with van der Waals surface area (Å²) < 4.78 is 11.0. The Morgan fingerprint density at radius 1 is 1.04 bits per heavy atom. The van der Waals surface area contributed by atoms with Crippen LogP contribution >= 0.6 is 7.60 Å². The Morgan fingerprint density at radius 2 is 1.62 bits per heavy atom. The highest BCUT2D eigenvalue weighted by Gasteiger charge is 2.29. The van der Waals surface area contributed by atoms with Crippen LogP contribution in [0.5, 0.6) is 0 Å². The normalized spacial score (nSPS) is 15.1. The monoisotopic (exact) mass is 366 g/mol. The van der Waals surface area contributed by atoms with Gasteiger partial charge in [-0.3, -0.25) is 18.9 Å². The van der Waals surface area contributed by atoms with Crippen molar-refractivity contribution in [1.82, 2.24) is 21.3 Å². The highest BCUT2D eigenvalue weighted by molar-refractivity contribution is 7.52. The van der Waals surface area contributed by atoms with Gasteiger partial charge < -0.3 is 31.1 Å². The van der Waals surface area contributed by atoms with E-state index in [-0.39, 0.29) is 12.5 Å². The summed E-state index contributed by atoms with van der Waals surface area (Å²) in [4.78, 5) is 53.6. The number of hydrogen-bond acceptors (Lipinski definition) is 5. The molecular formula is C13H27N4O6P. The third-order valence-corrected chi connectivity index (χ3v) is 4.31. The van der Waals surface area contributed by atoms with Crippen LogP contribution in [-0.2, 0) is 18.9 Å². The van der Waals surface area contributed by atoms with Gasteiger partial charge in [0, 0.05) is 0 Å². The van der Waals surface area contributed by atoms with Crippen molar-refractivity contribution in [1.29, 1.82) is 0 Å². The third-order valence-electron chi connectivity index (χ3n) is 3.17. The Hall–Kier alpha value is -1.48. The summed E-state index contributed by atoms with van der Waals surface area (Å²) in [5.74, 6) is -2.96. The lowest BCUT2D eigenvalue weighted by atomic mass is 10.1. The van der Waals surface area contributed by atoms with E-state index in [4.69, 9.17) is 9.79 Å². The van der Waals surface area contributed by atoms with Crippen molar-refractivity contribution < 1.29 is 28.7 Å². The van der Waals surface area contributed by atoms with Crippen LogP contribution in [0.3, 0.4) is 0 Å². The van der Waals surface area contributed by atoms with Crippen molar-refractivity contribution in [3.63, 3.8) is 0 Å². The van der Waals surface area contributed by atoms with E-state index in [9.17, 15) is 18.9 Å². The van der Waals surface area contributed by atoms with Crippen molar-refractivity contribution >= 4 is 25.3 Å². The molecule has 3 amide bonds. The second kappa shape index (κ2) is 10.4. The average Bonchev–Trinajstić information content (AvgIpc) is 2.45. The summed E-state index contributed by atoms with van der Waals surface area (Å²) in [5.41, 5.74) is 0. The Balaban J connectivity index is 4.70. The summed E-state index contributed by atoms with van der Waals surface area (Å²) in [6.07, 6.45) is 1.04. The zero-order valence-electron chi connectivity index (χ0n) is 14.3. The zero-order chi connectivity index (χ0) is 18.9. The lowest BCUT2D eigenvalue weighted by molar-refractivity contribution is -0.131. The molecule has 3 atom stereocenters. The Morgan fingerprint density at radius 3 is 2.08 bits per heavy atom. The predicted octanol–water partition coefficient (Wildman–Crippen LogP) is -1.36. The number of likely N-dealkylation sites (N-methyl/N-ethyl adjacent to an activating group) is 1. The van der Waals surface area contributed by atoms with Crippen LogP contribution in [0.1, 0.15) is 33.6 Å². The van der Waals surface area contributed by atoms with Crippen molar-refractivity contribution in [3.05, 3.63) is 0 Å². The van der Waals surface area contributed by atoms with Gasteiger partial charge in [0.15, 0.2) is 0 Å². The molecule has 0 bridgehead atoms. The standard InChI is InChI=1S/C13H27N4O6P/c1-5-6-10(17-11(18)7-14-4)13(20)15-8(2)12(19)16-9(3)24(21,22)23/h8-10,14H,5-7H2,1-4H3,(H,15,20)(H,16,19)(H,17,18)(H2,21,22,23)/t8-,9+,10-/m0/s1. The minimum Gasteiger partial charge on any atom is -0.343 e. The number of hydrogen-bond donors (Lipinski definition) is 6. The lowest BCUT2D eigenvalue weighted by Crippen LogP contribution is -2.54. The van der Waals surface area contributed by atoms with Gasteiger partial charge in [0.1, 0.15) is 17.9 Å². The fraction of sp³-hybridized carbons (Fsp3) is 0.769. The molecule has 6 N–H and O–H groups in total. The second-order valence-electron chi connectivity index (χ2n) is 5.44. The maximum Gasteiger partial charge on any atom is 0.347 e. The molecule has 11 heteroatoms. The molecular weight excluding hydrogens is 339 g/mol. The Kier molecular flexibility index (Phi) is 9.76. The summed E-state index contributed by atoms with van der Waals surface area (Å²) >= 11 is 0. The molecule has 140 valence electrons. The maximum atomic E-state index is 12.2. The van der Waals surface area contributed by atoms with Crippen LogP contribution in [0, 0.1) is 0 Å². The van der Waals surface area contributed by atoms with Crippen molar-refractivity contribution in [2.45, 2.75) is 51.5 Å². The quantitative estimate of drug-likeness (QED) is 0.261. The van der Waals surface area contributed by atoms with Gasteiger partial charge in [-0.25, -0.2) is 0 Å². The smallest absolute Gasteiger partial charge is 0.343 e. The first-order valence-electron chi connectivity index (χ1n) is 7.62. The minimum atomic E-state index is -4.45. The minimum absolute atomic E-state index is 0.0589. The molecule has 24 heavy (non-hydrogen) atoms. The lowest BCUT2D eigenvalue weighted by Gasteiger charge is -2.22. The second-order valence-corrected chi connectivity index (χ2v) is 7.40. The highest BCUT2D eigenvalue weighted by Crippen LogP contribution is 2.39. The molecule has 0 heterocycles. The molecule has 0 aromatic rings. The largest absolute Gasteiger partial charge is 0.347 e. The highest BCUT2D eigenvalue weighted by atomic mass is 31.2. The van der Waals surface area contributed by atoms with Gasteiger partial charge in [-0.05, 0) is 27.3 Å². The van der Waals surface area contributed by atoms with Crippen molar-refractivity contribution in [2.24, 2.45) is 0 Å². The van der Waals surface area contributed by atoms with E-state index in [1.165, 1.54) is 13.8 Å². The zero-order valence-corrected chi connectivity index (χ0v) is 15.2. The van der Waals surface area contributed by atoms with Crippen LogP contribution in [0.25, 0.3) is 0 Å². The first-order chi connectivity index (χ1) is 11.0. The van der Waals surface area contributed by atoms with E-state index in [1.54, 1.807) is 7.05 Å². The molecule has 0 aliphatic heterocycles. The molecule has 0 aromatic heterocycles. The number of amides is 3. The molecule has 0 spiro atoms. The number of carbonyl (C=O) groups is 3. The molecule has 0 rings (SSSR count). The van der Waals surface area contributed by atoms with Crippen LogP contribution < -0.4 is 21.3 Å². The SMILES string of the molecule is CCC[C@H](NC(=O)CNC)C(=O)N[C@@H](C)C(=O)N[C@@H](C)P(=O)(O)O. The maximum absolute atomic E-state index is 12.2. The number of carbonyl (C=O) groups excluding carboxylic acids is 3. The molecule has 0 fully saturated rings. The van der Waals surface area contributed by atoms with Crippen LogP contribution in [0.15, 0.2) is 0 Å². The Labute approximate surface area is 141 Å². The van der Waals surface area contributed by atoms with Gasteiger partial charge >= 0.3 is 7.60 Å². The molecule has 0 aliphatic carbocycles. The number of nitrogens with one attached hydrogen (secondary N) is 4. The predicted molar refractivity (Wildman–Crippen MR) is 88.0 cm³/mol. The van der Waals surface area contributed by atoms with E-state index in [1.807, 2.05) is 6.92 Å². The van der Waals surface area contributed by atoms with E-state index in [0.29, 0.717) is 12.8 Å². The van der Waals surface area contributed by atoms with E-state index in [0.717, 1.165) is 0 Å². The summed E-state index contributed by atoms with van der Waals surface area (Å²) in [6.45, 7) is 4.47. The fourth-order valence-electron chi connectivity index (χ4n) is 1.76. The summed E-state index contributed by atoms with van der Waals surface area (Å²) in [5, 5.41) is 9.80. The summed E-state index contributed by atoms with van der Waals surface area (Å²) in [6, 6.07) is -1.79. The van der Waals surface area contributed by atoms with Crippen molar-refractivity contribution in [3.8, 4) is 0 Å². The Bertz CT molecular complexity index is 495. The van der Waals surface area contributed by atoms with Gasteiger partial charge in [-0.2, -0.15) is 0 Å².